The van der Waals surface area contributed by atoms with Crippen LogP contribution in [0, 0.1) is 0 Å². The van der Waals surface area contributed by atoms with E-state index in [1.807, 2.05) is 30.3 Å². The minimum atomic E-state index is -0.108. The maximum Gasteiger partial charge on any atom is 0.249 e. The summed E-state index contributed by atoms with van der Waals surface area (Å²) >= 11 is 0. The Balaban J connectivity index is 1.73. The number of hydrogen-bond acceptors (Lipinski definition) is 6. The second-order valence-corrected chi connectivity index (χ2v) is 6.42. The smallest absolute Gasteiger partial charge is 0.249 e. The predicted molar refractivity (Wildman–Crippen MR) is 108 cm³/mol. The number of carbonyl (C=O) groups excluding carboxylic acids is 1. The van der Waals surface area contributed by atoms with Crippen LogP contribution in [0.3, 0.4) is 0 Å². The van der Waals surface area contributed by atoms with Gasteiger partial charge in [0.05, 0.1) is 6.20 Å². The molecule has 0 radical (unpaired) electrons. The fourth-order valence-corrected chi connectivity index (χ4v) is 2.64. The van der Waals surface area contributed by atoms with E-state index in [1.54, 1.807) is 18.3 Å². The Morgan fingerprint density at radius 3 is 2.37 bits per heavy atom. The Morgan fingerprint density at radius 1 is 0.963 bits per heavy atom. The van der Waals surface area contributed by atoms with Crippen LogP contribution in [0.25, 0.3) is 0 Å². The highest BCUT2D eigenvalue weighted by atomic mass is 16.1. The van der Waals surface area contributed by atoms with Crippen molar-refractivity contribution >= 4 is 34.7 Å². The van der Waals surface area contributed by atoms with E-state index in [1.165, 1.54) is 12.5 Å². The van der Waals surface area contributed by atoms with Crippen LogP contribution in [0.4, 0.5) is 28.8 Å². The first-order valence-corrected chi connectivity index (χ1v) is 8.71. The molecule has 3 rings (SSSR count). The molecule has 3 N–H and O–H groups in total. The molecule has 3 aromatic rings. The molecule has 7 nitrogen and oxygen atoms in total. The zero-order valence-electron chi connectivity index (χ0n) is 15.5. The number of aromatic nitrogens is 3. The number of carbonyl (C=O) groups is 1. The van der Waals surface area contributed by atoms with Crippen LogP contribution >= 0.6 is 0 Å². The average molecular weight is 362 g/mol. The molecule has 0 aliphatic rings. The van der Waals surface area contributed by atoms with Crippen LogP contribution in [0.15, 0.2) is 54.7 Å². The molecule has 0 spiro atoms. The molecule has 0 saturated carbocycles. The number of nitrogens with zero attached hydrogens (tertiary/aromatic N) is 3. The number of para-hydroxylation sites is 1. The van der Waals surface area contributed by atoms with Gasteiger partial charge in [0.15, 0.2) is 5.82 Å². The van der Waals surface area contributed by atoms with Crippen molar-refractivity contribution in [2.45, 2.75) is 26.7 Å². The van der Waals surface area contributed by atoms with Gasteiger partial charge in [-0.2, -0.15) is 10.1 Å². The highest BCUT2D eigenvalue weighted by molar-refractivity contribution is 5.88. The van der Waals surface area contributed by atoms with Gasteiger partial charge in [0.2, 0.25) is 11.9 Å². The molecule has 138 valence electrons. The minimum absolute atomic E-state index is 0.108. The van der Waals surface area contributed by atoms with Gasteiger partial charge in [-0.15, -0.1) is 5.10 Å². The van der Waals surface area contributed by atoms with Gasteiger partial charge in [0.25, 0.3) is 0 Å². The average Bonchev–Trinajstić information content (AvgIpc) is 2.63. The number of anilines is 5. The van der Waals surface area contributed by atoms with Crippen LogP contribution in [0.1, 0.15) is 32.3 Å². The summed E-state index contributed by atoms with van der Waals surface area (Å²) in [7, 11) is 0. The number of benzene rings is 2. The molecule has 7 heteroatoms. The highest BCUT2D eigenvalue weighted by Crippen LogP contribution is 2.26. The van der Waals surface area contributed by atoms with Crippen molar-refractivity contribution in [1.82, 2.24) is 15.2 Å². The Labute approximate surface area is 158 Å². The van der Waals surface area contributed by atoms with Crippen LogP contribution < -0.4 is 16.0 Å². The summed E-state index contributed by atoms with van der Waals surface area (Å²) in [5, 5.41) is 17.2. The molecule has 2 aromatic carbocycles. The van der Waals surface area contributed by atoms with Crippen molar-refractivity contribution in [3.8, 4) is 0 Å². The molecule has 1 aromatic heterocycles. The molecular weight excluding hydrogens is 340 g/mol. The van der Waals surface area contributed by atoms with Gasteiger partial charge < -0.3 is 16.0 Å². The minimum Gasteiger partial charge on any atom is -0.339 e. The van der Waals surface area contributed by atoms with Crippen LogP contribution in [0.2, 0.25) is 0 Å². The number of rotatable bonds is 6. The van der Waals surface area contributed by atoms with Crippen LogP contribution in [-0.2, 0) is 4.79 Å². The van der Waals surface area contributed by atoms with E-state index in [9.17, 15) is 4.79 Å². The second kappa shape index (κ2) is 8.27. The van der Waals surface area contributed by atoms with Gasteiger partial charge in [-0.25, -0.2) is 0 Å². The lowest BCUT2D eigenvalue weighted by molar-refractivity contribution is -0.114. The number of amides is 1. The fraction of sp³-hybridized carbons (Fsp3) is 0.200. The molecule has 1 amide bonds. The molecule has 0 unspecified atom stereocenters. The van der Waals surface area contributed by atoms with E-state index >= 15 is 0 Å². The van der Waals surface area contributed by atoms with Crippen molar-refractivity contribution in [2.24, 2.45) is 0 Å². The summed E-state index contributed by atoms with van der Waals surface area (Å²) in [4.78, 5) is 15.5. The summed E-state index contributed by atoms with van der Waals surface area (Å²) in [6.07, 6.45) is 1.59. The predicted octanol–water partition coefficient (Wildman–Crippen LogP) is 4.44. The molecule has 1 heterocycles. The zero-order valence-corrected chi connectivity index (χ0v) is 15.5. The summed E-state index contributed by atoms with van der Waals surface area (Å²) < 4.78 is 0. The summed E-state index contributed by atoms with van der Waals surface area (Å²) in [5.74, 6) is 1.27. The number of hydrogen-bond donors (Lipinski definition) is 3. The first-order valence-electron chi connectivity index (χ1n) is 8.71. The van der Waals surface area contributed by atoms with Gasteiger partial charge >= 0.3 is 0 Å². The lowest BCUT2D eigenvalue weighted by Crippen LogP contribution is -2.06. The number of nitrogens with one attached hydrogen (secondary N) is 3. The molecular formula is C20H22N6O. The molecule has 0 aliphatic heterocycles. The third kappa shape index (κ3) is 5.01. The maximum absolute atomic E-state index is 11.1. The molecule has 0 bridgehead atoms. The van der Waals surface area contributed by atoms with Crippen molar-refractivity contribution in [2.75, 3.05) is 16.0 Å². The van der Waals surface area contributed by atoms with E-state index in [2.05, 4.69) is 51.0 Å². The Kier molecular flexibility index (Phi) is 5.61. The molecule has 27 heavy (non-hydrogen) atoms. The quantitative estimate of drug-likeness (QED) is 0.600. The fourth-order valence-electron chi connectivity index (χ4n) is 2.64. The van der Waals surface area contributed by atoms with Crippen molar-refractivity contribution in [3.05, 3.63) is 60.3 Å². The third-order valence-corrected chi connectivity index (χ3v) is 3.87. The van der Waals surface area contributed by atoms with Crippen LogP contribution in [-0.4, -0.2) is 21.1 Å². The maximum atomic E-state index is 11.1. The zero-order chi connectivity index (χ0) is 19.2. The van der Waals surface area contributed by atoms with E-state index in [0.29, 0.717) is 17.7 Å². The lowest BCUT2D eigenvalue weighted by atomic mass is 10.0. The first-order chi connectivity index (χ1) is 13.0. The monoisotopic (exact) mass is 362 g/mol. The van der Waals surface area contributed by atoms with Crippen molar-refractivity contribution < 1.29 is 4.79 Å². The molecule has 0 atom stereocenters. The van der Waals surface area contributed by atoms with Crippen molar-refractivity contribution in [3.63, 3.8) is 0 Å². The Bertz CT molecular complexity index is 924. The van der Waals surface area contributed by atoms with Gasteiger partial charge in [0, 0.05) is 24.0 Å². The van der Waals surface area contributed by atoms with Gasteiger partial charge in [-0.1, -0.05) is 32.0 Å². The third-order valence-electron chi connectivity index (χ3n) is 3.87. The van der Waals surface area contributed by atoms with Crippen molar-refractivity contribution in [1.29, 1.82) is 0 Å². The van der Waals surface area contributed by atoms with Gasteiger partial charge in [0.1, 0.15) is 0 Å². The molecule has 0 fully saturated rings. The standard InChI is InChI=1S/C20H22N6O/c1-13(2)17-6-4-5-7-18(17)24-19-12-21-26-20(25-19)23-16-10-8-15(9-11-16)22-14(3)27/h4-13H,1-3H3,(H,22,27)(H2,23,24,25,26). The SMILES string of the molecule is CC(=O)Nc1ccc(Nc2nncc(Nc3ccccc3C(C)C)n2)cc1. The largest absolute Gasteiger partial charge is 0.339 e. The first kappa shape index (κ1) is 18.3. The normalized spacial score (nSPS) is 10.5. The van der Waals surface area contributed by atoms with Gasteiger partial charge in [-0.05, 0) is 41.8 Å². The van der Waals surface area contributed by atoms with E-state index in [0.717, 1.165) is 17.1 Å². The van der Waals surface area contributed by atoms with Crippen LogP contribution in [0.5, 0.6) is 0 Å². The Hall–Kier alpha value is -3.48. The second-order valence-electron chi connectivity index (χ2n) is 6.42. The lowest BCUT2D eigenvalue weighted by Gasteiger charge is -2.14. The summed E-state index contributed by atoms with van der Waals surface area (Å²) in [5.41, 5.74) is 3.73. The molecule has 0 aliphatic carbocycles. The summed E-state index contributed by atoms with van der Waals surface area (Å²) in [6.45, 7) is 5.77. The topological polar surface area (TPSA) is 91.8 Å². The van der Waals surface area contributed by atoms with E-state index in [-0.39, 0.29) is 5.91 Å². The molecule has 0 saturated heterocycles. The van der Waals surface area contributed by atoms with E-state index < -0.39 is 0 Å². The van der Waals surface area contributed by atoms with E-state index in [4.69, 9.17) is 0 Å². The summed E-state index contributed by atoms with van der Waals surface area (Å²) in [6, 6.07) is 15.4. The Morgan fingerprint density at radius 2 is 1.67 bits per heavy atom. The van der Waals surface area contributed by atoms with Gasteiger partial charge in [-0.3, -0.25) is 4.79 Å². The highest BCUT2D eigenvalue weighted by Gasteiger charge is 2.08.